The number of halogens is 1. The van der Waals surface area contributed by atoms with Crippen molar-refractivity contribution in [1.82, 2.24) is 5.32 Å². The minimum absolute atomic E-state index is 0.0131. The zero-order valence-corrected chi connectivity index (χ0v) is 10.2. The van der Waals surface area contributed by atoms with Crippen LogP contribution in [0.3, 0.4) is 0 Å². The third kappa shape index (κ3) is 3.99. The van der Waals surface area contributed by atoms with Crippen molar-refractivity contribution in [1.29, 1.82) is 0 Å². The van der Waals surface area contributed by atoms with E-state index in [1.54, 1.807) is 0 Å². The summed E-state index contributed by atoms with van der Waals surface area (Å²) in [5.41, 5.74) is 0. The zero-order valence-electron chi connectivity index (χ0n) is 9.46. The van der Waals surface area contributed by atoms with Crippen LogP contribution < -0.4 is 5.32 Å². The molecule has 1 rings (SSSR count). The molecule has 0 aromatic carbocycles. The molecule has 88 valence electrons. The Hall–Kier alpha value is -0.280. The molecule has 4 heteroatoms. The van der Waals surface area contributed by atoms with Gasteiger partial charge in [-0.1, -0.05) is 6.92 Å². The monoisotopic (exact) mass is 233 g/mol. The van der Waals surface area contributed by atoms with E-state index in [9.17, 15) is 4.79 Å². The van der Waals surface area contributed by atoms with Gasteiger partial charge in [0.05, 0.1) is 0 Å². The van der Waals surface area contributed by atoms with Crippen LogP contribution in [0.2, 0.25) is 0 Å². The Morgan fingerprint density at radius 1 is 1.53 bits per heavy atom. The number of amides is 1. The van der Waals surface area contributed by atoms with Gasteiger partial charge in [0.2, 0.25) is 5.91 Å². The van der Waals surface area contributed by atoms with Gasteiger partial charge >= 0.3 is 0 Å². The van der Waals surface area contributed by atoms with E-state index in [4.69, 9.17) is 16.3 Å². The first-order valence-corrected chi connectivity index (χ1v) is 6.16. The fourth-order valence-corrected chi connectivity index (χ4v) is 1.81. The van der Waals surface area contributed by atoms with Crippen LogP contribution in [-0.4, -0.2) is 30.5 Å². The highest BCUT2D eigenvalue weighted by Crippen LogP contribution is 2.13. The number of carbonyl (C=O) groups is 1. The quantitative estimate of drug-likeness (QED) is 0.754. The first-order chi connectivity index (χ1) is 7.15. The van der Waals surface area contributed by atoms with E-state index in [0.717, 1.165) is 19.3 Å². The van der Waals surface area contributed by atoms with Gasteiger partial charge in [0, 0.05) is 18.5 Å². The summed E-state index contributed by atoms with van der Waals surface area (Å²) < 4.78 is 5.41. The highest BCUT2D eigenvalue weighted by Gasteiger charge is 2.24. The largest absolute Gasteiger partial charge is 0.368 e. The second-order valence-electron chi connectivity index (χ2n) is 4.28. The molecule has 15 heavy (non-hydrogen) atoms. The Balaban J connectivity index is 2.33. The lowest BCUT2D eigenvalue weighted by atomic mass is 10.0. The van der Waals surface area contributed by atoms with Gasteiger partial charge in [-0.25, -0.2) is 0 Å². The molecular formula is C11H20ClNO2. The molecule has 0 aromatic rings. The van der Waals surface area contributed by atoms with Crippen molar-refractivity contribution < 1.29 is 9.53 Å². The lowest BCUT2D eigenvalue weighted by molar-refractivity contribution is -0.136. The van der Waals surface area contributed by atoms with E-state index in [-0.39, 0.29) is 18.1 Å². The smallest absolute Gasteiger partial charge is 0.249 e. The average molecular weight is 234 g/mol. The number of rotatable bonds is 4. The van der Waals surface area contributed by atoms with Crippen LogP contribution in [0.15, 0.2) is 0 Å². The molecule has 0 saturated carbocycles. The predicted octanol–water partition coefficient (Wildman–Crippen LogP) is 1.94. The highest BCUT2D eigenvalue weighted by atomic mass is 35.5. The van der Waals surface area contributed by atoms with Crippen molar-refractivity contribution in [3.63, 3.8) is 0 Å². The molecule has 0 bridgehead atoms. The van der Waals surface area contributed by atoms with E-state index in [2.05, 4.69) is 5.32 Å². The van der Waals surface area contributed by atoms with Crippen molar-refractivity contribution in [2.24, 2.45) is 5.92 Å². The lowest BCUT2D eigenvalue weighted by Gasteiger charge is -2.25. The van der Waals surface area contributed by atoms with Gasteiger partial charge in [0.15, 0.2) is 0 Å². The number of nitrogens with one attached hydrogen (secondary N) is 1. The first-order valence-electron chi connectivity index (χ1n) is 5.63. The molecule has 0 radical (unpaired) electrons. The molecule has 1 saturated heterocycles. The topological polar surface area (TPSA) is 38.3 Å². The Labute approximate surface area is 96.5 Å². The van der Waals surface area contributed by atoms with E-state index in [1.165, 1.54) is 0 Å². The molecule has 1 heterocycles. The number of carbonyl (C=O) groups excluding carboxylic acids is 1. The Bertz CT molecular complexity index is 205. The van der Waals surface area contributed by atoms with Crippen molar-refractivity contribution in [3.8, 4) is 0 Å². The summed E-state index contributed by atoms with van der Waals surface area (Å²) in [6.45, 7) is 4.71. The van der Waals surface area contributed by atoms with E-state index < -0.39 is 0 Å². The second kappa shape index (κ2) is 6.33. The molecule has 1 amide bonds. The van der Waals surface area contributed by atoms with E-state index >= 15 is 0 Å². The highest BCUT2D eigenvalue weighted by molar-refractivity contribution is 6.18. The summed E-state index contributed by atoms with van der Waals surface area (Å²) in [6, 6.07) is 0.112. The van der Waals surface area contributed by atoms with Gasteiger partial charge in [0.25, 0.3) is 0 Å². The van der Waals surface area contributed by atoms with Crippen LogP contribution in [0, 0.1) is 5.92 Å². The molecule has 1 N–H and O–H groups in total. The molecule has 1 aliphatic heterocycles. The van der Waals surface area contributed by atoms with Crippen LogP contribution >= 0.6 is 11.6 Å². The summed E-state index contributed by atoms with van der Waals surface area (Å²) in [6.07, 6.45) is 2.74. The van der Waals surface area contributed by atoms with Gasteiger partial charge < -0.3 is 10.1 Å². The van der Waals surface area contributed by atoms with Crippen molar-refractivity contribution in [2.75, 3.05) is 12.5 Å². The molecule has 3 nitrogen and oxygen atoms in total. The molecule has 0 aromatic heterocycles. The SMILES string of the molecule is CC(CCl)C(C)NC(=O)C1CCCCO1. The van der Waals surface area contributed by atoms with Crippen LogP contribution in [0.1, 0.15) is 33.1 Å². The maximum atomic E-state index is 11.7. The van der Waals surface area contributed by atoms with Gasteiger partial charge in [-0.2, -0.15) is 0 Å². The normalized spacial score (nSPS) is 25.7. The fraction of sp³-hybridized carbons (Fsp3) is 0.909. The maximum Gasteiger partial charge on any atom is 0.249 e. The summed E-state index contributed by atoms with van der Waals surface area (Å²) in [4.78, 5) is 11.7. The Kier molecular flexibility index (Phi) is 5.40. The third-order valence-electron chi connectivity index (χ3n) is 2.94. The van der Waals surface area contributed by atoms with Crippen molar-refractivity contribution in [2.45, 2.75) is 45.3 Å². The standard InChI is InChI=1S/C11H20ClNO2/c1-8(7-12)9(2)13-11(14)10-5-3-4-6-15-10/h8-10H,3-7H2,1-2H3,(H,13,14). The summed E-state index contributed by atoms with van der Waals surface area (Å²) in [5, 5.41) is 2.95. The van der Waals surface area contributed by atoms with Crippen molar-refractivity contribution in [3.05, 3.63) is 0 Å². The van der Waals surface area contributed by atoms with Crippen LogP contribution in [-0.2, 0) is 9.53 Å². The van der Waals surface area contributed by atoms with Gasteiger partial charge in [-0.3, -0.25) is 4.79 Å². The maximum absolute atomic E-state index is 11.7. The Morgan fingerprint density at radius 2 is 2.27 bits per heavy atom. The van der Waals surface area contributed by atoms with Gasteiger partial charge in [0.1, 0.15) is 6.10 Å². The van der Waals surface area contributed by atoms with E-state index in [1.807, 2.05) is 13.8 Å². The third-order valence-corrected chi connectivity index (χ3v) is 3.43. The predicted molar refractivity (Wildman–Crippen MR) is 61.1 cm³/mol. The van der Waals surface area contributed by atoms with E-state index in [0.29, 0.717) is 18.4 Å². The number of hydrogen-bond acceptors (Lipinski definition) is 2. The lowest BCUT2D eigenvalue weighted by Crippen LogP contribution is -2.45. The molecule has 1 fully saturated rings. The van der Waals surface area contributed by atoms with Crippen molar-refractivity contribution >= 4 is 17.5 Å². The molecule has 0 aliphatic carbocycles. The number of hydrogen-bond donors (Lipinski definition) is 1. The molecule has 1 aliphatic rings. The zero-order chi connectivity index (χ0) is 11.3. The minimum atomic E-state index is -0.247. The fourth-order valence-electron chi connectivity index (χ4n) is 1.54. The number of ether oxygens (including phenoxy) is 1. The number of alkyl halides is 1. The summed E-state index contributed by atoms with van der Waals surface area (Å²) in [5.74, 6) is 0.867. The molecule has 3 atom stereocenters. The average Bonchev–Trinajstić information content (AvgIpc) is 2.29. The molecule has 0 spiro atoms. The summed E-state index contributed by atoms with van der Waals surface area (Å²) >= 11 is 5.73. The first kappa shape index (κ1) is 12.8. The van der Waals surface area contributed by atoms with Crippen LogP contribution in [0.25, 0.3) is 0 Å². The minimum Gasteiger partial charge on any atom is -0.368 e. The van der Waals surface area contributed by atoms with Gasteiger partial charge in [-0.05, 0) is 32.1 Å². The van der Waals surface area contributed by atoms with Gasteiger partial charge in [-0.15, -0.1) is 11.6 Å². The second-order valence-corrected chi connectivity index (χ2v) is 4.59. The molecular weight excluding hydrogens is 214 g/mol. The Morgan fingerprint density at radius 3 is 2.80 bits per heavy atom. The van der Waals surface area contributed by atoms with Crippen LogP contribution in [0.5, 0.6) is 0 Å². The van der Waals surface area contributed by atoms with Crippen LogP contribution in [0.4, 0.5) is 0 Å². The summed E-state index contributed by atoms with van der Waals surface area (Å²) in [7, 11) is 0. The molecule has 3 unspecified atom stereocenters.